The van der Waals surface area contributed by atoms with Crippen LogP contribution in [0.1, 0.15) is 0 Å². The molecule has 0 amide bonds. The SMILES string of the molecule is C=CCN(CC=C)C/C=C/C(=O)O. The van der Waals surface area contributed by atoms with Crippen LogP contribution in [0.5, 0.6) is 0 Å². The Labute approximate surface area is 78.7 Å². The lowest BCUT2D eigenvalue weighted by molar-refractivity contribution is -0.131. The van der Waals surface area contributed by atoms with Crippen molar-refractivity contribution in [3.63, 3.8) is 0 Å². The number of rotatable bonds is 7. The Bertz CT molecular complexity index is 199. The second-order valence-corrected chi connectivity index (χ2v) is 2.54. The highest BCUT2D eigenvalue weighted by Gasteiger charge is 1.96. The van der Waals surface area contributed by atoms with Gasteiger partial charge in [-0.25, -0.2) is 4.79 Å². The van der Waals surface area contributed by atoms with Gasteiger partial charge in [-0.3, -0.25) is 4.90 Å². The zero-order valence-corrected chi connectivity index (χ0v) is 7.65. The first kappa shape index (κ1) is 11.6. The van der Waals surface area contributed by atoms with Crippen molar-refractivity contribution in [2.45, 2.75) is 0 Å². The van der Waals surface area contributed by atoms with Crippen LogP contribution in [0.4, 0.5) is 0 Å². The highest BCUT2D eigenvalue weighted by atomic mass is 16.4. The highest BCUT2D eigenvalue weighted by Crippen LogP contribution is 1.89. The number of aliphatic carboxylic acids is 1. The van der Waals surface area contributed by atoms with Crippen molar-refractivity contribution in [2.75, 3.05) is 19.6 Å². The predicted molar refractivity (Wildman–Crippen MR) is 53.6 cm³/mol. The van der Waals surface area contributed by atoms with Gasteiger partial charge in [0.15, 0.2) is 0 Å². The molecule has 0 aromatic rings. The number of carbonyl (C=O) groups is 1. The van der Waals surface area contributed by atoms with Crippen LogP contribution in [0.2, 0.25) is 0 Å². The molecule has 0 unspecified atom stereocenters. The summed E-state index contributed by atoms with van der Waals surface area (Å²) in [5.41, 5.74) is 0. The van der Waals surface area contributed by atoms with E-state index in [2.05, 4.69) is 13.2 Å². The number of carboxylic acids is 1. The van der Waals surface area contributed by atoms with Gasteiger partial charge in [-0.05, 0) is 0 Å². The summed E-state index contributed by atoms with van der Waals surface area (Å²) in [6.07, 6.45) is 6.30. The van der Waals surface area contributed by atoms with Crippen molar-refractivity contribution in [1.29, 1.82) is 0 Å². The quantitative estimate of drug-likeness (QED) is 0.475. The number of hydrogen-bond acceptors (Lipinski definition) is 2. The molecule has 0 heterocycles. The molecule has 0 aliphatic heterocycles. The fourth-order valence-electron chi connectivity index (χ4n) is 0.891. The fourth-order valence-corrected chi connectivity index (χ4v) is 0.891. The van der Waals surface area contributed by atoms with E-state index in [1.165, 1.54) is 0 Å². The molecule has 72 valence electrons. The monoisotopic (exact) mass is 181 g/mol. The van der Waals surface area contributed by atoms with E-state index in [1.807, 2.05) is 4.90 Å². The molecular formula is C10H15NO2. The van der Waals surface area contributed by atoms with Crippen molar-refractivity contribution >= 4 is 5.97 Å². The van der Waals surface area contributed by atoms with Crippen molar-refractivity contribution in [2.24, 2.45) is 0 Å². The third kappa shape index (κ3) is 7.03. The first-order valence-electron chi connectivity index (χ1n) is 4.04. The zero-order chi connectivity index (χ0) is 10.1. The van der Waals surface area contributed by atoms with E-state index < -0.39 is 5.97 Å². The van der Waals surface area contributed by atoms with Crippen LogP contribution in [-0.4, -0.2) is 35.6 Å². The van der Waals surface area contributed by atoms with Crippen LogP contribution in [0.15, 0.2) is 37.5 Å². The smallest absolute Gasteiger partial charge is 0.328 e. The van der Waals surface area contributed by atoms with Crippen LogP contribution in [-0.2, 0) is 4.79 Å². The zero-order valence-electron chi connectivity index (χ0n) is 7.65. The molecule has 0 bridgehead atoms. The second kappa shape index (κ2) is 7.31. The van der Waals surface area contributed by atoms with E-state index in [0.29, 0.717) is 6.54 Å². The standard InChI is InChI=1S/C10H15NO2/c1-3-7-11(8-4-2)9-5-6-10(12)13/h3-6H,1-2,7-9H2,(H,12,13)/b6-5+. The van der Waals surface area contributed by atoms with Crippen LogP contribution >= 0.6 is 0 Å². The number of carboxylic acid groups (broad SMARTS) is 1. The van der Waals surface area contributed by atoms with E-state index in [0.717, 1.165) is 19.2 Å². The van der Waals surface area contributed by atoms with Gasteiger partial charge >= 0.3 is 5.97 Å². The molecule has 0 atom stereocenters. The summed E-state index contributed by atoms with van der Waals surface area (Å²) in [6.45, 7) is 9.28. The van der Waals surface area contributed by atoms with Crippen molar-refractivity contribution in [1.82, 2.24) is 4.90 Å². The van der Waals surface area contributed by atoms with Crippen LogP contribution < -0.4 is 0 Å². The maximum atomic E-state index is 10.2. The minimum absolute atomic E-state index is 0.602. The molecule has 13 heavy (non-hydrogen) atoms. The molecule has 1 N–H and O–H groups in total. The van der Waals surface area contributed by atoms with E-state index in [1.54, 1.807) is 18.2 Å². The average Bonchev–Trinajstić information content (AvgIpc) is 2.04. The Morgan fingerprint density at radius 2 is 1.77 bits per heavy atom. The van der Waals surface area contributed by atoms with Crippen LogP contribution in [0, 0.1) is 0 Å². The van der Waals surface area contributed by atoms with Gasteiger partial charge in [0.05, 0.1) is 0 Å². The summed E-state index contributed by atoms with van der Waals surface area (Å²) in [6, 6.07) is 0. The molecule has 0 fully saturated rings. The summed E-state index contributed by atoms with van der Waals surface area (Å²) in [5.74, 6) is -0.919. The largest absolute Gasteiger partial charge is 0.478 e. The summed E-state index contributed by atoms with van der Waals surface area (Å²) in [5, 5.41) is 8.34. The van der Waals surface area contributed by atoms with Gasteiger partial charge in [0.25, 0.3) is 0 Å². The van der Waals surface area contributed by atoms with E-state index >= 15 is 0 Å². The van der Waals surface area contributed by atoms with Crippen LogP contribution in [0.25, 0.3) is 0 Å². The van der Waals surface area contributed by atoms with Gasteiger partial charge in [-0.15, -0.1) is 13.2 Å². The summed E-state index contributed by atoms with van der Waals surface area (Å²) >= 11 is 0. The topological polar surface area (TPSA) is 40.5 Å². The third-order valence-corrected chi connectivity index (χ3v) is 1.40. The Morgan fingerprint density at radius 3 is 2.15 bits per heavy atom. The van der Waals surface area contributed by atoms with Crippen molar-refractivity contribution in [3.05, 3.63) is 37.5 Å². The lowest BCUT2D eigenvalue weighted by Gasteiger charge is -2.15. The number of nitrogens with zero attached hydrogens (tertiary/aromatic N) is 1. The molecule has 0 saturated carbocycles. The Balaban J connectivity index is 3.86. The molecule has 3 nitrogen and oxygen atoms in total. The minimum Gasteiger partial charge on any atom is -0.478 e. The molecule has 0 aromatic carbocycles. The van der Waals surface area contributed by atoms with Crippen molar-refractivity contribution < 1.29 is 9.90 Å². The molecule has 0 radical (unpaired) electrons. The maximum Gasteiger partial charge on any atom is 0.328 e. The number of hydrogen-bond donors (Lipinski definition) is 1. The Morgan fingerprint density at radius 1 is 1.23 bits per heavy atom. The van der Waals surface area contributed by atoms with Gasteiger partial charge < -0.3 is 5.11 Å². The summed E-state index contributed by atoms with van der Waals surface area (Å²) in [4.78, 5) is 12.2. The summed E-state index contributed by atoms with van der Waals surface area (Å²) < 4.78 is 0. The van der Waals surface area contributed by atoms with Gasteiger partial charge in [-0.1, -0.05) is 18.2 Å². The van der Waals surface area contributed by atoms with E-state index in [-0.39, 0.29) is 0 Å². The average molecular weight is 181 g/mol. The summed E-state index contributed by atoms with van der Waals surface area (Å²) in [7, 11) is 0. The van der Waals surface area contributed by atoms with Gasteiger partial charge in [0.2, 0.25) is 0 Å². The molecule has 0 rings (SSSR count). The van der Waals surface area contributed by atoms with Gasteiger partial charge in [0.1, 0.15) is 0 Å². The van der Waals surface area contributed by atoms with Gasteiger partial charge in [0, 0.05) is 25.7 Å². The molecule has 0 aromatic heterocycles. The second-order valence-electron chi connectivity index (χ2n) is 2.54. The first-order valence-corrected chi connectivity index (χ1v) is 4.04. The van der Waals surface area contributed by atoms with E-state index in [4.69, 9.17) is 5.11 Å². The lowest BCUT2D eigenvalue weighted by atomic mass is 10.4. The Kier molecular flexibility index (Phi) is 6.55. The highest BCUT2D eigenvalue weighted by molar-refractivity contribution is 5.79. The molecule has 0 aliphatic carbocycles. The maximum absolute atomic E-state index is 10.2. The fraction of sp³-hybridized carbons (Fsp3) is 0.300. The normalized spacial score (nSPS) is 10.5. The lowest BCUT2D eigenvalue weighted by Crippen LogP contribution is -2.23. The third-order valence-electron chi connectivity index (χ3n) is 1.40. The minimum atomic E-state index is -0.919. The van der Waals surface area contributed by atoms with Crippen molar-refractivity contribution in [3.8, 4) is 0 Å². The van der Waals surface area contributed by atoms with E-state index in [9.17, 15) is 4.79 Å². The predicted octanol–water partition coefficient (Wildman–Crippen LogP) is 1.30. The Hall–Kier alpha value is -1.35. The molecule has 3 heteroatoms. The molecular weight excluding hydrogens is 166 g/mol. The molecule has 0 spiro atoms. The first-order chi connectivity index (χ1) is 6.20. The van der Waals surface area contributed by atoms with Gasteiger partial charge in [-0.2, -0.15) is 0 Å². The molecule has 0 saturated heterocycles. The molecule has 0 aliphatic rings. The van der Waals surface area contributed by atoms with Crippen LogP contribution in [0.3, 0.4) is 0 Å².